The molecule has 1 aromatic carbocycles. The fourth-order valence-corrected chi connectivity index (χ4v) is 2.72. The first-order valence-corrected chi connectivity index (χ1v) is 5.58. The zero-order chi connectivity index (χ0) is 10.4. The summed E-state index contributed by atoms with van der Waals surface area (Å²) in [6.45, 7) is 2.17. The van der Waals surface area contributed by atoms with Crippen molar-refractivity contribution in [3.8, 4) is 0 Å². The number of rotatable bonds is 1. The van der Waals surface area contributed by atoms with Crippen LogP contribution in [0.15, 0.2) is 24.3 Å². The SMILES string of the molecule is Cc1[nH]c2ccccc2c1C1CC(N)C1. The third kappa shape index (κ3) is 1.29. The highest BCUT2D eigenvalue weighted by molar-refractivity contribution is 5.85. The summed E-state index contributed by atoms with van der Waals surface area (Å²) in [6, 6.07) is 8.96. The van der Waals surface area contributed by atoms with Crippen molar-refractivity contribution in [2.45, 2.75) is 31.7 Å². The molecule has 3 rings (SSSR count). The van der Waals surface area contributed by atoms with Crippen LogP contribution in [0.3, 0.4) is 0 Å². The fraction of sp³-hybridized carbons (Fsp3) is 0.385. The monoisotopic (exact) mass is 200 g/mol. The summed E-state index contributed by atoms with van der Waals surface area (Å²) < 4.78 is 0. The van der Waals surface area contributed by atoms with Gasteiger partial charge < -0.3 is 10.7 Å². The van der Waals surface area contributed by atoms with Crippen LogP contribution in [-0.4, -0.2) is 11.0 Å². The van der Waals surface area contributed by atoms with E-state index in [1.54, 1.807) is 0 Å². The molecule has 0 aliphatic heterocycles. The van der Waals surface area contributed by atoms with Gasteiger partial charge in [0, 0.05) is 22.6 Å². The molecule has 78 valence electrons. The number of nitrogens with two attached hydrogens (primary N) is 1. The summed E-state index contributed by atoms with van der Waals surface area (Å²) in [4.78, 5) is 3.45. The number of hydrogen-bond donors (Lipinski definition) is 2. The Morgan fingerprint density at radius 1 is 1.27 bits per heavy atom. The molecule has 1 aromatic heterocycles. The Balaban J connectivity index is 2.12. The molecular weight excluding hydrogens is 184 g/mol. The maximum Gasteiger partial charge on any atom is 0.0458 e. The highest BCUT2D eigenvalue weighted by atomic mass is 14.7. The molecule has 1 saturated carbocycles. The quantitative estimate of drug-likeness (QED) is 0.730. The second-order valence-corrected chi connectivity index (χ2v) is 4.64. The summed E-state index contributed by atoms with van der Waals surface area (Å²) in [5, 5.41) is 1.38. The van der Waals surface area contributed by atoms with Gasteiger partial charge in [0.15, 0.2) is 0 Å². The van der Waals surface area contributed by atoms with E-state index in [-0.39, 0.29) is 0 Å². The van der Waals surface area contributed by atoms with E-state index in [0.29, 0.717) is 12.0 Å². The van der Waals surface area contributed by atoms with Gasteiger partial charge in [-0.05, 0) is 37.3 Å². The highest BCUT2D eigenvalue weighted by Gasteiger charge is 2.30. The lowest BCUT2D eigenvalue weighted by Gasteiger charge is -2.33. The van der Waals surface area contributed by atoms with Gasteiger partial charge in [-0.2, -0.15) is 0 Å². The third-order valence-electron chi connectivity index (χ3n) is 3.53. The molecule has 1 aliphatic rings. The van der Waals surface area contributed by atoms with E-state index in [4.69, 9.17) is 5.73 Å². The van der Waals surface area contributed by atoms with Crippen molar-refractivity contribution in [3.63, 3.8) is 0 Å². The topological polar surface area (TPSA) is 41.8 Å². The van der Waals surface area contributed by atoms with Crippen LogP contribution in [0.25, 0.3) is 10.9 Å². The van der Waals surface area contributed by atoms with Crippen molar-refractivity contribution in [3.05, 3.63) is 35.5 Å². The molecule has 2 aromatic rings. The van der Waals surface area contributed by atoms with Gasteiger partial charge in [-0.1, -0.05) is 18.2 Å². The molecule has 0 atom stereocenters. The smallest absolute Gasteiger partial charge is 0.0458 e. The lowest BCUT2D eigenvalue weighted by Crippen LogP contribution is -2.34. The molecule has 2 nitrogen and oxygen atoms in total. The second kappa shape index (κ2) is 3.11. The van der Waals surface area contributed by atoms with E-state index < -0.39 is 0 Å². The number of benzene rings is 1. The van der Waals surface area contributed by atoms with Crippen molar-refractivity contribution in [2.75, 3.05) is 0 Å². The number of hydrogen-bond acceptors (Lipinski definition) is 1. The van der Waals surface area contributed by atoms with Crippen molar-refractivity contribution in [2.24, 2.45) is 5.73 Å². The maximum atomic E-state index is 5.86. The van der Waals surface area contributed by atoms with Crippen LogP contribution in [0.1, 0.15) is 30.0 Å². The van der Waals surface area contributed by atoms with Crippen molar-refractivity contribution < 1.29 is 0 Å². The molecule has 0 saturated heterocycles. The average Bonchev–Trinajstić information content (AvgIpc) is 2.49. The Labute approximate surface area is 89.5 Å². The first-order valence-electron chi connectivity index (χ1n) is 5.58. The van der Waals surface area contributed by atoms with E-state index in [0.717, 1.165) is 12.8 Å². The van der Waals surface area contributed by atoms with Crippen molar-refractivity contribution in [1.29, 1.82) is 0 Å². The molecule has 3 N–H and O–H groups in total. The van der Waals surface area contributed by atoms with Crippen LogP contribution in [0, 0.1) is 6.92 Å². The Kier molecular flexibility index (Phi) is 1.86. The Hall–Kier alpha value is -1.28. The van der Waals surface area contributed by atoms with E-state index in [9.17, 15) is 0 Å². The Morgan fingerprint density at radius 2 is 2.00 bits per heavy atom. The van der Waals surface area contributed by atoms with E-state index in [1.807, 2.05) is 0 Å². The Bertz CT molecular complexity index is 492. The van der Waals surface area contributed by atoms with Gasteiger partial charge >= 0.3 is 0 Å². The molecule has 1 fully saturated rings. The van der Waals surface area contributed by atoms with Crippen LogP contribution in [0.2, 0.25) is 0 Å². The number of aromatic nitrogens is 1. The number of H-pyrrole nitrogens is 1. The summed E-state index contributed by atoms with van der Waals surface area (Å²) in [7, 11) is 0. The molecular formula is C13H16N2. The molecule has 1 aliphatic carbocycles. The number of fused-ring (bicyclic) bond motifs is 1. The van der Waals surface area contributed by atoms with Crippen LogP contribution in [-0.2, 0) is 0 Å². The van der Waals surface area contributed by atoms with Crippen molar-refractivity contribution >= 4 is 10.9 Å². The lowest BCUT2D eigenvalue weighted by atomic mass is 9.75. The van der Waals surface area contributed by atoms with Gasteiger partial charge in [0.25, 0.3) is 0 Å². The Morgan fingerprint density at radius 3 is 2.73 bits per heavy atom. The minimum Gasteiger partial charge on any atom is -0.358 e. The molecule has 0 amide bonds. The third-order valence-corrected chi connectivity index (χ3v) is 3.53. The van der Waals surface area contributed by atoms with Crippen LogP contribution < -0.4 is 5.73 Å². The summed E-state index contributed by atoms with van der Waals surface area (Å²) in [5.41, 5.74) is 9.92. The first-order chi connectivity index (χ1) is 7.25. The maximum absolute atomic E-state index is 5.86. The summed E-state index contributed by atoms with van der Waals surface area (Å²) in [6.07, 6.45) is 2.28. The van der Waals surface area contributed by atoms with Crippen LogP contribution in [0.5, 0.6) is 0 Å². The second-order valence-electron chi connectivity index (χ2n) is 4.64. The molecule has 0 unspecified atom stereocenters. The molecule has 0 bridgehead atoms. The van der Waals surface area contributed by atoms with Gasteiger partial charge in [-0.25, -0.2) is 0 Å². The summed E-state index contributed by atoms with van der Waals surface area (Å²) in [5.74, 6) is 0.677. The van der Waals surface area contributed by atoms with E-state index in [2.05, 4.69) is 36.2 Å². The lowest BCUT2D eigenvalue weighted by molar-refractivity contribution is 0.352. The number of nitrogens with one attached hydrogen (secondary N) is 1. The van der Waals surface area contributed by atoms with Gasteiger partial charge in [-0.3, -0.25) is 0 Å². The molecule has 2 heteroatoms. The zero-order valence-corrected chi connectivity index (χ0v) is 8.96. The average molecular weight is 200 g/mol. The van der Waals surface area contributed by atoms with Gasteiger partial charge in [0.05, 0.1) is 0 Å². The predicted octanol–water partition coefficient (Wildman–Crippen LogP) is 2.68. The predicted molar refractivity (Wildman–Crippen MR) is 63.0 cm³/mol. The number of aryl methyl sites for hydroxylation is 1. The van der Waals surface area contributed by atoms with Crippen LogP contribution >= 0.6 is 0 Å². The van der Waals surface area contributed by atoms with Gasteiger partial charge in [-0.15, -0.1) is 0 Å². The molecule has 0 radical (unpaired) electrons. The van der Waals surface area contributed by atoms with Crippen LogP contribution in [0.4, 0.5) is 0 Å². The molecule has 1 heterocycles. The summed E-state index contributed by atoms with van der Waals surface area (Å²) >= 11 is 0. The number of aromatic amines is 1. The van der Waals surface area contributed by atoms with E-state index in [1.165, 1.54) is 22.2 Å². The zero-order valence-electron chi connectivity index (χ0n) is 8.96. The fourth-order valence-electron chi connectivity index (χ4n) is 2.72. The first kappa shape index (κ1) is 8.98. The van der Waals surface area contributed by atoms with Gasteiger partial charge in [0.2, 0.25) is 0 Å². The van der Waals surface area contributed by atoms with Crippen molar-refractivity contribution in [1.82, 2.24) is 4.98 Å². The number of para-hydroxylation sites is 1. The molecule has 0 spiro atoms. The van der Waals surface area contributed by atoms with E-state index >= 15 is 0 Å². The highest BCUT2D eigenvalue weighted by Crippen LogP contribution is 2.40. The largest absolute Gasteiger partial charge is 0.358 e. The van der Waals surface area contributed by atoms with Gasteiger partial charge in [0.1, 0.15) is 0 Å². The normalized spacial score (nSPS) is 25.5. The standard InChI is InChI=1S/C13H16N2/c1-8-13(9-6-10(14)7-9)11-4-2-3-5-12(11)15-8/h2-5,9-10,15H,6-7,14H2,1H3. The molecule has 15 heavy (non-hydrogen) atoms. The minimum atomic E-state index is 0.420. The minimum absolute atomic E-state index is 0.420.